The number of aromatic nitrogens is 1. The molecule has 2 aromatic carbocycles. The number of benzene rings is 2. The zero-order valence-electron chi connectivity index (χ0n) is 14.3. The van der Waals surface area contributed by atoms with Gasteiger partial charge in [0.05, 0.1) is 17.7 Å². The Morgan fingerprint density at radius 2 is 1.68 bits per heavy atom. The van der Waals surface area contributed by atoms with Crippen LogP contribution in [0.2, 0.25) is 0 Å². The molecule has 0 fully saturated rings. The van der Waals surface area contributed by atoms with Crippen molar-refractivity contribution in [2.24, 2.45) is 0 Å². The Hall–Kier alpha value is -2.60. The Kier molecular flexibility index (Phi) is 4.63. The lowest BCUT2D eigenvalue weighted by Gasteiger charge is -2.06. The van der Waals surface area contributed by atoms with Crippen LogP contribution in [0.15, 0.2) is 57.9 Å². The first-order chi connectivity index (χ1) is 11.9. The fourth-order valence-corrected chi connectivity index (χ4v) is 3.34. The summed E-state index contributed by atoms with van der Waals surface area (Å²) in [4.78, 5) is 0.294. The molecule has 1 heterocycles. The van der Waals surface area contributed by atoms with E-state index in [0.29, 0.717) is 17.1 Å². The number of hydrogen-bond donors (Lipinski definition) is 0. The average Bonchev–Trinajstić information content (AvgIpc) is 2.95. The molecule has 0 spiro atoms. The van der Waals surface area contributed by atoms with Crippen LogP contribution in [0.1, 0.15) is 17.0 Å². The van der Waals surface area contributed by atoms with E-state index in [0.717, 1.165) is 28.1 Å². The zero-order valence-corrected chi connectivity index (χ0v) is 15.1. The van der Waals surface area contributed by atoms with Gasteiger partial charge in [-0.25, -0.2) is 8.42 Å². The van der Waals surface area contributed by atoms with Crippen LogP contribution in [0, 0.1) is 6.92 Å². The molecule has 3 aromatic rings. The van der Waals surface area contributed by atoms with Gasteiger partial charge in [-0.3, -0.25) is 0 Å². The predicted molar refractivity (Wildman–Crippen MR) is 95.6 cm³/mol. The number of nitrogens with zero attached hydrogens (tertiary/aromatic N) is 1. The molecule has 0 atom stereocenters. The molecule has 0 amide bonds. The molecule has 5 nitrogen and oxygen atoms in total. The molecule has 0 aliphatic rings. The van der Waals surface area contributed by atoms with Gasteiger partial charge in [0, 0.05) is 18.2 Å². The fourth-order valence-electron chi connectivity index (χ4n) is 2.71. The molecule has 0 N–H and O–H groups in total. The second-order valence-corrected chi connectivity index (χ2v) is 7.90. The van der Waals surface area contributed by atoms with Crippen LogP contribution in [0.3, 0.4) is 0 Å². The van der Waals surface area contributed by atoms with Crippen LogP contribution in [0.4, 0.5) is 0 Å². The van der Waals surface area contributed by atoms with Gasteiger partial charge in [0.25, 0.3) is 0 Å². The molecule has 6 heteroatoms. The maximum Gasteiger partial charge on any atom is 0.175 e. The average molecular weight is 357 g/mol. The van der Waals surface area contributed by atoms with Gasteiger partial charge in [-0.05, 0) is 42.3 Å². The summed E-state index contributed by atoms with van der Waals surface area (Å²) in [5.41, 5.74) is 3.68. The summed E-state index contributed by atoms with van der Waals surface area (Å²) in [6.45, 7) is 1.85. The molecule has 0 aliphatic heterocycles. The maximum absolute atomic E-state index is 11.6. The number of sulfone groups is 1. The second kappa shape index (κ2) is 6.72. The first-order valence-corrected chi connectivity index (χ1v) is 9.66. The Labute approximate surface area is 147 Å². The number of methoxy groups -OCH3 is 1. The van der Waals surface area contributed by atoms with Crippen LogP contribution in [-0.4, -0.2) is 26.9 Å². The summed E-state index contributed by atoms with van der Waals surface area (Å²) in [5, 5.41) is 4.18. The molecule has 0 radical (unpaired) electrons. The minimum atomic E-state index is -3.21. The third-order valence-corrected chi connectivity index (χ3v) is 5.16. The van der Waals surface area contributed by atoms with Crippen molar-refractivity contribution < 1.29 is 17.7 Å². The highest BCUT2D eigenvalue weighted by Crippen LogP contribution is 2.30. The lowest BCUT2D eigenvalue weighted by atomic mass is 9.99. The number of aryl methyl sites for hydroxylation is 1. The molecule has 0 unspecified atom stereocenters. The van der Waals surface area contributed by atoms with Gasteiger partial charge in [0.2, 0.25) is 0 Å². The second-order valence-electron chi connectivity index (χ2n) is 5.88. The smallest absolute Gasteiger partial charge is 0.175 e. The third kappa shape index (κ3) is 3.74. The topological polar surface area (TPSA) is 69.4 Å². The summed E-state index contributed by atoms with van der Waals surface area (Å²) in [7, 11) is -1.58. The first-order valence-electron chi connectivity index (χ1n) is 7.77. The molecule has 0 saturated heterocycles. The van der Waals surface area contributed by atoms with E-state index in [9.17, 15) is 8.42 Å². The van der Waals surface area contributed by atoms with E-state index in [1.807, 2.05) is 31.2 Å². The highest BCUT2D eigenvalue weighted by molar-refractivity contribution is 7.90. The molecule has 0 aliphatic carbocycles. The van der Waals surface area contributed by atoms with Crippen molar-refractivity contribution in [3.8, 4) is 16.9 Å². The standard InChI is InChI=1S/C19H19NO4S/c1-13-19(15-6-10-17(11-7-15)25(3,21)22)18(20-24-13)12-14-4-8-16(23-2)9-5-14/h4-11H,12H2,1-3H3. The van der Waals surface area contributed by atoms with E-state index >= 15 is 0 Å². The summed E-state index contributed by atoms with van der Waals surface area (Å²) in [5.74, 6) is 1.51. The minimum absolute atomic E-state index is 0.294. The number of ether oxygens (including phenoxy) is 1. The van der Waals surface area contributed by atoms with Crippen molar-refractivity contribution in [1.82, 2.24) is 5.16 Å². The van der Waals surface area contributed by atoms with Gasteiger partial charge < -0.3 is 9.26 Å². The molecule has 1 aromatic heterocycles. The fraction of sp³-hybridized carbons (Fsp3) is 0.211. The van der Waals surface area contributed by atoms with Gasteiger partial charge in [0.1, 0.15) is 11.5 Å². The van der Waals surface area contributed by atoms with Crippen LogP contribution in [0.5, 0.6) is 5.75 Å². The molecular weight excluding hydrogens is 338 g/mol. The summed E-state index contributed by atoms with van der Waals surface area (Å²) in [6.07, 6.45) is 1.81. The summed E-state index contributed by atoms with van der Waals surface area (Å²) >= 11 is 0. The third-order valence-electron chi connectivity index (χ3n) is 4.04. The highest BCUT2D eigenvalue weighted by atomic mass is 32.2. The lowest BCUT2D eigenvalue weighted by Crippen LogP contribution is -1.97. The van der Waals surface area contributed by atoms with Crippen molar-refractivity contribution >= 4 is 9.84 Å². The molecule has 25 heavy (non-hydrogen) atoms. The van der Waals surface area contributed by atoms with E-state index in [1.165, 1.54) is 6.26 Å². The lowest BCUT2D eigenvalue weighted by molar-refractivity contribution is 0.392. The van der Waals surface area contributed by atoms with E-state index < -0.39 is 9.84 Å². The summed E-state index contributed by atoms with van der Waals surface area (Å²) in [6, 6.07) is 14.6. The van der Waals surface area contributed by atoms with E-state index in [-0.39, 0.29) is 0 Å². The molecule has 130 valence electrons. The number of rotatable bonds is 5. The van der Waals surface area contributed by atoms with Crippen LogP contribution in [0.25, 0.3) is 11.1 Å². The van der Waals surface area contributed by atoms with Crippen molar-refractivity contribution in [1.29, 1.82) is 0 Å². The van der Waals surface area contributed by atoms with Gasteiger partial charge in [-0.1, -0.05) is 29.4 Å². The number of hydrogen-bond acceptors (Lipinski definition) is 5. The Morgan fingerprint density at radius 3 is 2.24 bits per heavy atom. The monoisotopic (exact) mass is 357 g/mol. The summed E-state index contributed by atoms with van der Waals surface area (Å²) < 4.78 is 33.8. The quantitative estimate of drug-likeness (QED) is 0.697. The van der Waals surface area contributed by atoms with Crippen molar-refractivity contribution in [3.05, 3.63) is 65.5 Å². The minimum Gasteiger partial charge on any atom is -0.497 e. The van der Waals surface area contributed by atoms with Gasteiger partial charge >= 0.3 is 0 Å². The zero-order chi connectivity index (χ0) is 18.0. The van der Waals surface area contributed by atoms with Gasteiger partial charge in [0.15, 0.2) is 9.84 Å². The Morgan fingerprint density at radius 1 is 1.04 bits per heavy atom. The Bertz CT molecular complexity index is 971. The van der Waals surface area contributed by atoms with E-state index in [2.05, 4.69) is 5.16 Å². The van der Waals surface area contributed by atoms with Gasteiger partial charge in [-0.15, -0.1) is 0 Å². The molecule has 3 rings (SSSR count). The van der Waals surface area contributed by atoms with Crippen molar-refractivity contribution in [2.45, 2.75) is 18.2 Å². The first kappa shape index (κ1) is 17.2. The van der Waals surface area contributed by atoms with Crippen LogP contribution >= 0.6 is 0 Å². The van der Waals surface area contributed by atoms with Crippen LogP contribution in [-0.2, 0) is 16.3 Å². The molecule has 0 bridgehead atoms. The van der Waals surface area contributed by atoms with E-state index in [4.69, 9.17) is 9.26 Å². The Balaban J connectivity index is 1.93. The largest absolute Gasteiger partial charge is 0.497 e. The van der Waals surface area contributed by atoms with Crippen molar-refractivity contribution in [3.63, 3.8) is 0 Å². The predicted octanol–water partition coefficient (Wildman–Crippen LogP) is 3.65. The van der Waals surface area contributed by atoms with E-state index in [1.54, 1.807) is 31.4 Å². The molecular formula is C19H19NO4S. The maximum atomic E-state index is 11.6. The molecule has 0 saturated carbocycles. The van der Waals surface area contributed by atoms with Crippen LogP contribution < -0.4 is 4.74 Å². The SMILES string of the molecule is COc1ccc(Cc2noc(C)c2-c2ccc(S(C)(=O)=O)cc2)cc1. The van der Waals surface area contributed by atoms with Crippen molar-refractivity contribution in [2.75, 3.05) is 13.4 Å². The van der Waals surface area contributed by atoms with Gasteiger partial charge in [-0.2, -0.15) is 0 Å². The highest BCUT2D eigenvalue weighted by Gasteiger charge is 2.16. The normalized spacial score (nSPS) is 11.5.